The third-order valence-electron chi connectivity index (χ3n) is 3.00. The summed E-state index contributed by atoms with van der Waals surface area (Å²) in [6.07, 6.45) is 3.44. The Kier molecular flexibility index (Phi) is 3.86. The summed E-state index contributed by atoms with van der Waals surface area (Å²) < 4.78 is 6.02. The van der Waals surface area contributed by atoms with Crippen LogP contribution in [-0.2, 0) is 12.0 Å². The second-order valence-electron chi connectivity index (χ2n) is 5.54. The fourth-order valence-electron chi connectivity index (χ4n) is 1.96. The van der Waals surface area contributed by atoms with Crippen LogP contribution in [0, 0.1) is 0 Å². The van der Waals surface area contributed by atoms with E-state index in [-0.39, 0.29) is 5.41 Å². The van der Waals surface area contributed by atoms with Crippen molar-refractivity contribution in [3.63, 3.8) is 0 Å². The summed E-state index contributed by atoms with van der Waals surface area (Å²) in [4.78, 5) is 4.10. The molecule has 0 aliphatic rings. The highest BCUT2D eigenvalue weighted by Gasteiger charge is 2.19. The van der Waals surface area contributed by atoms with Crippen LogP contribution in [0.25, 0.3) is 0 Å². The number of rotatable bonds is 3. The Morgan fingerprint density at radius 2 is 1.84 bits per heavy atom. The SMILES string of the molecule is CC(C)(C)c1ccccc1Oc1cnccc1CN. The highest BCUT2D eigenvalue weighted by atomic mass is 16.5. The van der Waals surface area contributed by atoms with E-state index in [2.05, 4.69) is 31.8 Å². The molecule has 3 nitrogen and oxygen atoms in total. The average Bonchev–Trinajstić information content (AvgIpc) is 2.39. The van der Waals surface area contributed by atoms with Gasteiger partial charge in [-0.1, -0.05) is 39.0 Å². The first kappa shape index (κ1) is 13.6. The standard InChI is InChI=1S/C16H20N2O/c1-16(2,3)13-6-4-5-7-14(13)19-15-11-18-9-8-12(15)10-17/h4-9,11H,10,17H2,1-3H3. The van der Waals surface area contributed by atoms with Crippen LogP contribution >= 0.6 is 0 Å². The molecule has 19 heavy (non-hydrogen) atoms. The molecule has 2 aromatic rings. The Morgan fingerprint density at radius 3 is 2.53 bits per heavy atom. The Morgan fingerprint density at radius 1 is 1.11 bits per heavy atom. The molecule has 1 aromatic carbocycles. The normalized spacial score (nSPS) is 11.4. The number of ether oxygens (including phenoxy) is 1. The van der Waals surface area contributed by atoms with E-state index in [1.54, 1.807) is 12.4 Å². The van der Waals surface area contributed by atoms with Gasteiger partial charge in [0, 0.05) is 23.9 Å². The number of hydrogen-bond acceptors (Lipinski definition) is 3. The van der Waals surface area contributed by atoms with E-state index in [4.69, 9.17) is 10.5 Å². The van der Waals surface area contributed by atoms with Gasteiger partial charge in [0.25, 0.3) is 0 Å². The highest BCUT2D eigenvalue weighted by Crippen LogP contribution is 2.34. The molecule has 0 atom stereocenters. The third kappa shape index (κ3) is 3.12. The Bertz CT molecular complexity index is 559. The molecule has 0 unspecified atom stereocenters. The maximum absolute atomic E-state index is 6.02. The molecule has 0 saturated carbocycles. The van der Waals surface area contributed by atoms with E-state index in [1.165, 1.54) is 5.56 Å². The number of nitrogens with two attached hydrogens (primary N) is 1. The van der Waals surface area contributed by atoms with E-state index >= 15 is 0 Å². The van der Waals surface area contributed by atoms with Crippen LogP contribution in [0.15, 0.2) is 42.7 Å². The Balaban J connectivity index is 2.39. The first-order valence-corrected chi connectivity index (χ1v) is 6.42. The molecule has 0 aliphatic heterocycles. The predicted molar refractivity (Wildman–Crippen MR) is 77.3 cm³/mol. The topological polar surface area (TPSA) is 48.1 Å². The predicted octanol–water partition coefficient (Wildman–Crippen LogP) is 3.63. The summed E-state index contributed by atoms with van der Waals surface area (Å²) in [7, 11) is 0. The lowest BCUT2D eigenvalue weighted by Crippen LogP contribution is -2.12. The molecule has 0 saturated heterocycles. The molecule has 3 heteroatoms. The van der Waals surface area contributed by atoms with Gasteiger partial charge in [0.05, 0.1) is 6.20 Å². The zero-order valence-electron chi connectivity index (χ0n) is 11.7. The summed E-state index contributed by atoms with van der Waals surface area (Å²) in [5.74, 6) is 1.58. The number of pyridine rings is 1. The molecule has 2 rings (SSSR count). The van der Waals surface area contributed by atoms with Crippen LogP contribution in [0.5, 0.6) is 11.5 Å². The van der Waals surface area contributed by atoms with Gasteiger partial charge in [0.15, 0.2) is 0 Å². The zero-order chi connectivity index (χ0) is 13.9. The van der Waals surface area contributed by atoms with Crippen molar-refractivity contribution in [1.29, 1.82) is 0 Å². The van der Waals surface area contributed by atoms with Crippen molar-refractivity contribution in [2.24, 2.45) is 5.73 Å². The summed E-state index contributed by atoms with van der Waals surface area (Å²) in [5.41, 5.74) is 7.88. The van der Waals surface area contributed by atoms with E-state index in [1.807, 2.05) is 24.3 Å². The van der Waals surface area contributed by atoms with Crippen molar-refractivity contribution < 1.29 is 4.74 Å². The zero-order valence-corrected chi connectivity index (χ0v) is 11.7. The van der Waals surface area contributed by atoms with Crippen molar-refractivity contribution in [3.05, 3.63) is 53.9 Å². The minimum absolute atomic E-state index is 0.0294. The van der Waals surface area contributed by atoms with E-state index in [9.17, 15) is 0 Å². The molecular weight excluding hydrogens is 236 g/mol. The van der Waals surface area contributed by atoms with Gasteiger partial charge in [0.1, 0.15) is 11.5 Å². The van der Waals surface area contributed by atoms with Gasteiger partial charge in [-0.3, -0.25) is 4.98 Å². The second kappa shape index (κ2) is 5.41. The summed E-state index contributed by atoms with van der Waals surface area (Å²) in [6.45, 7) is 6.95. The van der Waals surface area contributed by atoms with Crippen LogP contribution in [0.1, 0.15) is 31.9 Å². The van der Waals surface area contributed by atoms with Gasteiger partial charge >= 0.3 is 0 Å². The van der Waals surface area contributed by atoms with E-state index < -0.39 is 0 Å². The smallest absolute Gasteiger partial charge is 0.150 e. The number of benzene rings is 1. The van der Waals surface area contributed by atoms with Gasteiger partial charge in [0.2, 0.25) is 0 Å². The largest absolute Gasteiger partial charge is 0.455 e. The Hall–Kier alpha value is -1.87. The minimum Gasteiger partial charge on any atom is -0.455 e. The van der Waals surface area contributed by atoms with Gasteiger partial charge in [-0.15, -0.1) is 0 Å². The molecule has 1 heterocycles. The van der Waals surface area contributed by atoms with Crippen molar-refractivity contribution in [2.45, 2.75) is 32.7 Å². The quantitative estimate of drug-likeness (QED) is 0.912. The van der Waals surface area contributed by atoms with Crippen LogP contribution in [0.4, 0.5) is 0 Å². The van der Waals surface area contributed by atoms with Crippen molar-refractivity contribution in [3.8, 4) is 11.5 Å². The summed E-state index contributed by atoms with van der Waals surface area (Å²) in [6, 6.07) is 9.96. The molecule has 2 N–H and O–H groups in total. The van der Waals surface area contributed by atoms with Crippen LogP contribution < -0.4 is 10.5 Å². The van der Waals surface area contributed by atoms with Gasteiger partial charge in [-0.05, 0) is 17.5 Å². The monoisotopic (exact) mass is 256 g/mol. The summed E-state index contributed by atoms with van der Waals surface area (Å²) >= 11 is 0. The number of hydrogen-bond donors (Lipinski definition) is 1. The molecule has 100 valence electrons. The molecule has 0 fully saturated rings. The van der Waals surface area contributed by atoms with Crippen molar-refractivity contribution >= 4 is 0 Å². The number of aromatic nitrogens is 1. The second-order valence-corrected chi connectivity index (χ2v) is 5.54. The molecule has 0 aliphatic carbocycles. The molecule has 0 spiro atoms. The lowest BCUT2D eigenvalue weighted by molar-refractivity contribution is 0.449. The molecule has 1 aromatic heterocycles. The van der Waals surface area contributed by atoms with Crippen molar-refractivity contribution in [1.82, 2.24) is 4.98 Å². The molecule has 0 radical (unpaired) electrons. The Labute approximate surface area is 114 Å². The fourth-order valence-corrected chi connectivity index (χ4v) is 1.96. The first-order chi connectivity index (χ1) is 9.02. The maximum atomic E-state index is 6.02. The highest BCUT2D eigenvalue weighted by molar-refractivity contribution is 5.42. The fraction of sp³-hybridized carbons (Fsp3) is 0.312. The first-order valence-electron chi connectivity index (χ1n) is 6.42. The molecular formula is C16H20N2O. The lowest BCUT2D eigenvalue weighted by atomic mass is 9.86. The lowest BCUT2D eigenvalue weighted by Gasteiger charge is -2.23. The summed E-state index contributed by atoms with van der Waals surface area (Å²) in [5, 5.41) is 0. The van der Waals surface area contributed by atoms with Crippen LogP contribution in [-0.4, -0.2) is 4.98 Å². The van der Waals surface area contributed by atoms with Gasteiger partial charge in [-0.25, -0.2) is 0 Å². The maximum Gasteiger partial charge on any atom is 0.150 e. The van der Waals surface area contributed by atoms with E-state index in [0.29, 0.717) is 6.54 Å². The number of para-hydroxylation sites is 1. The molecule has 0 amide bonds. The van der Waals surface area contributed by atoms with Crippen molar-refractivity contribution in [2.75, 3.05) is 0 Å². The minimum atomic E-state index is 0.0294. The van der Waals surface area contributed by atoms with Gasteiger partial charge in [-0.2, -0.15) is 0 Å². The van der Waals surface area contributed by atoms with Crippen LogP contribution in [0.3, 0.4) is 0 Å². The number of nitrogens with zero attached hydrogens (tertiary/aromatic N) is 1. The van der Waals surface area contributed by atoms with Gasteiger partial charge < -0.3 is 10.5 Å². The van der Waals surface area contributed by atoms with E-state index in [0.717, 1.165) is 17.1 Å². The average molecular weight is 256 g/mol. The molecule has 0 bridgehead atoms. The van der Waals surface area contributed by atoms with Crippen LogP contribution in [0.2, 0.25) is 0 Å². The third-order valence-corrected chi connectivity index (χ3v) is 3.00.